The number of nitrogens with one attached hydrogen (secondary N) is 1. The molecule has 1 N–H and O–H groups in total. The molecule has 0 aromatic heterocycles. The lowest BCUT2D eigenvalue weighted by atomic mass is 10.1. The molecule has 0 spiro atoms. The van der Waals surface area contributed by atoms with Crippen LogP contribution in [0.2, 0.25) is 0 Å². The van der Waals surface area contributed by atoms with E-state index >= 15 is 0 Å². The molecule has 2 aromatic rings. The number of amides is 1. The van der Waals surface area contributed by atoms with Crippen LogP contribution in [0.25, 0.3) is 6.08 Å². The summed E-state index contributed by atoms with van der Waals surface area (Å²) in [5.74, 6) is 0.670. The second-order valence-corrected chi connectivity index (χ2v) is 7.85. The van der Waals surface area contributed by atoms with E-state index in [1.54, 1.807) is 0 Å². The summed E-state index contributed by atoms with van der Waals surface area (Å²) in [7, 11) is 0. The smallest absolute Gasteiger partial charge is 0.263 e. The van der Waals surface area contributed by atoms with E-state index in [1.807, 2.05) is 30.3 Å². The Hall–Kier alpha value is -2.11. The van der Waals surface area contributed by atoms with E-state index in [2.05, 4.69) is 36.5 Å². The van der Waals surface area contributed by atoms with Crippen molar-refractivity contribution in [3.63, 3.8) is 0 Å². The van der Waals surface area contributed by atoms with Crippen LogP contribution in [0.15, 0.2) is 53.4 Å². The van der Waals surface area contributed by atoms with E-state index in [-0.39, 0.29) is 5.91 Å². The van der Waals surface area contributed by atoms with Crippen molar-refractivity contribution in [2.75, 3.05) is 0 Å². The molecular weight excluding hydrogens is 362 g/mol. The molecule has 134 valence electrons. The van der Waals surface area contributed by atoms with Crippen LogP contribution in [-0.4, -0.2) is 10.2 Å². The van der Waals surface area contributed by atoms with Crippen molar-refractivity contribution in [2.45, 2.75) is 32.8 Å². The minimum Gasteiger partial charge on any atom is -0.489 e. The highest BCUT2D eigenvalue weighted by molar-refractivity contribution is 8.26. The van der Waals surface area contributed by atoms with Gasteiger partial charge in [-0.25, -0.2) is 0 Å². The maximum Gasteiger partial charge on any atom is 0.263 e. The van der Waals surface area contributed by atoms with E-state index in [9.17, 15) is 4.79 Å². The molecule has 1 aliphatic heterocycles. The van der Waals surface area contributed by atoms with Gasteiger partial charge in [0.05, 0.1) is 4.91 Å². The largest absolute Gasteiger partial charge is 0.489 e. The number of hydrogen-bond donors (Lipinski definition) is 1. The number of carbonyl (C=O) groups is 1. The molecule has 1 aliphatic rings. The predicted octanol–water partition coefficient (Wildman–Crippen LogP) is 5.10. The Labute approximate surface area is 163 Å². The molecule has 0 saturated carbocycles. The second kappa shape index (κ2) is 9.01. The second-order valence-electron chi connectivity index (χ2n) is 6.13. The van der Waals surface area contributed by atoms with Crippen molar-refractivity contribution in [3.8, 4) is 5.75 Å². The Bertz CT molecular complexity index is 811. The summed E-state index contributed by atoms with van der Waals surface area (Å²) in [5, 5.41) is 2.61. The van der Waals surface area contributed by atoms with Gasteiger partial charge in [-0.15, -0.1) is 0 Å². The fourth-order valence-corrected chi connectivity index (χ4v) is 3.63. The number of thioether (sulfide) groups is 1. The van der Waals surface area contributed by atoms with Crippen LogP contribution >= 0.6 is 24.0 Å². The van der Waals surface area contributed by atoms with E-state index in [4.69, 9.17) is 17.0 Å². The summed E-state index contributed by atoms with van der Waals surface area (Å²) in [5.41, 5.74) is 3.48. The first-order chi connectivity index (χ1) is 12.6. The molecule has 0 atom stereocenters. The van der Waals surface area contributed by atoms with Crippen molar-refractivity contribution in [3.05, 3.63) is 70.1 Å². The van der Waals surface area contributed by atoms with E-state index in [1.165, 1.54) is 30.2 Å². The minimum atomic E-state index is -0.136. The van der Waals surface area contributed by atoms with Gasteiger partial charge in [0.2, 0.25) is 0 Å². The van der Waals surface area contributed by atoms with Gasteiger partial charge in [-0.3, -0.25) is 4.79 Å². The highest BCUT2D eigenvalue weighted by atomic mass is 32.2. The Kier molecular flexibility index (Phi) is 6.47. The van der Waals surface area contributed by atoms with Crippen LogP contribution in [0, 0.1) is 0 Å². The lowest BCUT2D eigenvalue weighted by Gasteiger charge is -2.08. The third-order valence-electron chi connectivity index (χ3n) is 4.07. The number of unbranched alkanes of at least 4 members (excludes halogenated alkanes) is 1. The molecule has 0 bridgehead atoms. The van der Waals surface area contributed by atoms with Crippen molar-refractivity contribution in [1.82, 2.24) is 5.32 Å². The summed E-state index contributed by atoms with van der Waals surface area (Å²) < 4.78 is 6.35. The SMILES string of the molecule is CCCCc1ccc(COc2ccc(C=C3SC(=S)NC3=O)cc2)cc1. The van der Waals surface area contributed by atoms with E-state index in [0.29, 0.717) is 15.8 Å². The summed E-state index contributed by atoms with van der Waals surface area (Å²) in [4.78, 5) is 12.3. The number of ether oxygens (including phenoxy) is 1. The predicted molar refractivity (Wildman–Crippen MR) is 112 cm³/mol. The Morgan fingerprint density at radius 1 is 1.08 bits per heavy atom. The molecule has 0 radical (unpaired) electrons. The quantitative estimate of drug-likeness (QED) is 0.533. The molecule has 1 fully saturated rings. The van der Waals surface area contributed by atoms with Crippen molar-refractivity contribution in [1.29, 1.82) is 0 Å². The molecule has 0 unspecified atom stereocenters. The maximum atomic E-state index is 11.7. The van der Waals surface area contributed by atoms with Crippen LogP contribution in [0.4, 0.5) is 0 Å². The van der Waals surface area contributed by atoms with Gasteiger partial charge in [-0.05, 0) is 47.7 Å². The molecule has 1 saturated heterocycles. The van der Waals surface area contributed by atoms with Gasteiger partial charge in [0.15, 0.2) is 0 Å². The first-order valence-electron chi connectivity index (χ1n) is 8.69. The number of thiocarbonyl (C=S) groups is 1. The first kappa shape index (κ1) is 18.7. The van der Waals surface area contributed by atoms with Gasteiger partial charge in [-0.1, -0.05) is 73.7 Å². The number of carbonyl (C=O) groups excluding carboxylic acids is 1. The molecule has 5 heteroatoms. The Morgan fingerprint density at radius 3 is 2.38 bits per heavy atom. The fraction of sp³-hybridized carbons (Fsp3) is 0.238. The van der Waals surface area contributed by atoms with Crippen molar-refractivity contribution in [2.24, 2.45) is 0 Å². The average Bonchev–Trinajstić information content (AvgIpc) is 2.97. The zero-order chi connectivity index (χ0) is 18.4. The minimum absolute atomic E-state index is 0.136. The van der Waals surface area contributed by atoms with Gasteiger partial charge < -0.3 is 10.1 Å². The summed E-state index contributed by atoms with van der Waals surface area (Å²) in [6, 6.07) is 16.3. The van der Waals surface area contributed by atoms with Crippen LogP contribution in [0.3, 0.4) is 0 Å². The Balaban J connectivity index is 1.55. The van der Waals surface area contributed by atoms with Crippen LogP contribution in [0.5, 0.6) is 5.75 Å². The average molecular weight is 384 g/mol. The lowest BCUT2D eigenvalue weighted by Crippen LogP contribution is -2.17. The molecule has 2 aromatic carbocycles. The van der Waals surface area contributed by atoms with Crippen LogP contribution in [-0.2, 0) is 17.8 Å². The van der Waals surface area contributed by atoms with Gasteiger partial charge in [-0.2, -0.15) is 0 Å². The molecular formula is C21H21NO2S2. The topological polar surface area (TPSA) is 38.3 Å². The molecule has 26 heavy (non-hydrogen) atoms. The third-order valence-corrected chi connectivity index (χ3v) is 5.23. The number of benzene rings is 2. The summed E-state index contributed by atoms with van der Waals surface area (Å²) in [6.45, 7) is 2.75. The van der Waals surface area contributed by atoms with Crippen LogP contribution < -0.4 is 10.1 Å². The number of rotatable bonds is 7. The van der Waals surface area contributed by atoms with Crippen LogP contribution in [0.1, 0.15) is 36.5 Å². The molecule has 3 rings (SSSR count). The summed E-state index contributed by atoms with van der Waals surface area (Å²) in [6.07, 6.45) is 5.41. The highest BCUT2D eigenvalue weighted by Gasteiger charge is 2.21. The highest BCUT2D eigenvalue weighted by Crippen LogP contribution is 2.26. The van der Waals surface area contributed by atoms with Gasteiger partial charge in [0.1, 0.15) is 16.7 Å². The first-order valence-corrected chi connectivity index (χ1v) is 9.92. The molecule has 1 amide bonds. The third kappa shape index (κ3) is 5.19. The lowest BCUT2D eigenvalue weighted by molar-refractivity contribution is -0.115. The summed E-state index contributed by atoms with van der Waals surface area (Å²) >= 11 is 6.28. The van der Waals surface area contributed by atoms with E-state index in [0.717, 1.165) is 23.3 Å². The van der Waals surface area contributed by atoms with Crippen molar-refractivity contribution >= 4 is 40.3 Å². The number of hydrogen-bond acceptors (Lipinski definition) is 4. The number of aryl methyl sites for hydroxylation is 1. The van der Waals surface area contributed by atoms with Gasteiger partial charge in [0, 0.05) is 0 Å². The fourth-order valence-electron chi connectivity index (χ4n) is 2.58. The molecule has 0 aliphatic carbocycles. The zero-order valence-electron chi connectivity index (χ0n) is 14.7. The van der Waals surface area contributed by atoms with Crippen molar-refractivity contribution < 1.29 is 9.53 Å². The maximum absolute atomic E-state index is 11.7. The normalized spacial score (nSPS) is 15.3. The molecule has 1 heterocycles. The van der Waals surface area contributed by atoms with Gasteiger partial charge >= 0.3 is 0 Å². The van der Waals surface area contributed by atoms with E-state index < -0.39 is 0 Å². The standard InChI is InChI=1S/C21H21NO2S2/c1-2-3-4-15-5-7-17(8-6-15)14-24-18-11-9-16(10-12-18)13-19-20(23)22-21(25)26-19/h5-13H,2-4,14H2,1H3,(H,22,23,25). The Morgan fingerprint density at radius 2 is 1.77 bits per heavy atom. The zero-order valence-corrected chi connectivity index (χ0v) is 16.3. The van der Waals surface area contributed by atoms with Gasteiger partial charge in [0.25, 0.3) is 5.91 Å². The monoisotopic (exact) mass is 383 g/mol. The molecule has 3 nitrogen and oxygen atoms in total.